The molecule has 7 heteroatoms. The Bertz CT molecular complexity index is 1250. The zero-order valence-corrected chi connectivity index (χ0v) is 18.6. The molecular weight excluding hydrogens is 443 g/mol. The fourth-order valence-corrected chi connectivity index (χ4v) is 4.66. The van der Waals surface area contributed by atoms with Gasteiger partial charge in [-0.25, -0.2) is 4.39 Å². The Morgan fingerprint density at radius 2 is 1.81 bits per heavy atom. The highest BCUT2D eigenvalue weighted by molar-refractivity contribution is 7.80. The van der Waals surface area contributed by atoms with Gasteiger partial charge in [-0.3, -0.25) is 4.98 Å². The van der Waals surface area contributed by atoms with E-state index in [9.17, 15) is 4.39 Å². The number of hydrogen-bond acceptors (Lipinski definition) is 2. The fourth-order valence-electron chi connectivity index (χ4n) is 4.18. The predicted molar refractivity (Wildman–Crippen MR) is 128 cm³/mol. The van der Waals surface area contributed by atoms with Crippen molar-refractivity contribution in [1.29, 1.82) is 0 Å². The highest BCUT2D eigenvalue weighted by Crippen LogP contribution is 2.40. The summed E-state index contributed by atoms with van der Waals surface area (Å²) in [6.45, 7) is 0.649. The number of nitrogens with one attached hydrogen (secondary N) is 1. The molecule has 0 aliphatic carbocycles. The Morgan fingerprint density at radius 1 is 1.00 bits per heavy atom. The summed E-state index contributed by atoms with van der Waals surface area (Å²) < 4.78 is 15.8. The molecule has 3 heterocycles. The van der Waals surface area contributed by atoms with Crippen molar-refractivity contribution in [3.8, 4) is 5.69 Å². The van der Waals surface area contributed by atoms with Crippen molar-refractivity contribution in [3.63, 3.8) is 0 Å². The summed E-state index contributed by atoms with van der Waals surface area (Å²) in [7, 11) is 0. The van der Waals surface area contributed by atoms with E-state index >= 15 is 0 Å². The monoisotopic (exact) mass is 462 g/mol. The molecule has 1 saturated heterocycles. The lowest BCUT2D eigenvalue weighted by atomic mass is 10.0. The highest BCUT2D eigenvalue weighted by Gasteiger charge is 2.41. The smallest absolute Gasteiger partial charge is 0.170 e. The molecule has 5 rings (SSSR count). The quantitative estimate of drug-likeness (QED) is 0.378. The van der Waals surface area contributed by atoms with E-state index in [2.05, 4.69) is 33.4 Å². The minimum absolute atomic E-state index is 0.0876. The molecule has 0 amide bonds. The maximum atomic E-state index is 13.8. The molecule has 0 unspecified atom stereocenters. The van der Waals surface area contributed by atoms with Crippen LogP contribution in [0.15, 0.2) is 91.3 Å². The first-order valence-corrected chi connectivity index (χ1v) is 11.0. The molecule has 4 nitrogen and oxygen atoms in total. The van der Waals surface area contributed by atoms with Crippen molar-refractivity contribution < 1.29 is 4.39 Å². The topological polar surface area (TPSA) is 33.1 Å². The lowest BCUT2D eigenvalue weighted by molar-refractivity contribution is 0.302. The van der Waals surface area contributed by atoms with Gasteiger partial charge in [0.1, 0.15) is 5.82 Å². The van der Waals surface area contributed by atoms with Gasteiger partial charge in [-0.2, -0.15) is 0 Å². The predicted octanol–water partition coefficient (Wildman–Crippen LogP) is 5.84. The number of hydrogen-bond donors (Lipinski definition) is 1. The summed E-state index contributed by atoms with van der Waals surface area (Å²) in [6.07, 6.45) is 3.74. The van der Waals surface area contributed by atoms with Crippen molar-refractivity contribution in [2.75, 3.05) is 0 Å². The van der Waals surface area contributed by atoms with Crippen LogP contribution in [0.25, 0.3) is 5.69 Å². The van der Waals surface area contributed by atoms with E-state index in [1.807, 2.05) is 53.2 Å². The van der Waals surface area contributed by atoms with E-state index in [0.29, 0.717) is 11.7 Å². The first-order valence-electron chi connectivity index (χ1n) is 10.3. The van der Waals surface area contributed by atoms with Crippen LogP contribution >= 0.6 is 23.8 Å². The summed E-state index contributed by atoms with van der Waals surface area (Å²) in [5.41, 5.74) is 3.85. The maximum absolute atomic E-state index is 13.8. The summed E-state index contributed by atoms with van der Waals surface area (Å²) in [5.74, 6) is -0.440. The Kier molecular flexibility index (Phi) is 5.64. The van der Waals surface area contributed by atoms with Crippen LogP contribution in [0.4, 0.5) is 4.39 Å². The van der Waals surface area contributed by atoms with E-state index in [-0.39, 0.29) is 17.1 Å². The van der Waals surface area contributed by atoms with Crippen molar-refractivity contribution in [2.24, 2.45) is 0 Å². The molecule has 32 heavy (non-hydrogen) atoms. The minimum atomic E-state index is -0.440. The third-order valence-corrected chi connectivity index (χ3v) is 6.30. The summed E-state index contributed by atoms with van der Waals surface area (Å²) in [6, 6.07) is 24.6. The van der Waals surface area contributed by atoms with Gasteiger partial charge < -0.3 is 14.8 Å². The van der Waals surface area contributed by atoms with Crippen molar-refractivity contribution >= 4 is 28.9 Å². The Balaban J connectivity index is 1.61. The average molecular weight is 463 g/mol. The molecule has 1 aliphatic heterocycles. The van der Waals surface area contributed by atoms with Gasteiger partial charge in [0.25, 0.3) is 0 Å². The van der Waals surface area contributed by atoms with E-state index in [4.69, 9.17) is 23.8 Å². The second-order valence-electron chi connectivity index (χ2n) is 7.64. The van der Waals surface area contributed by atoms with Crippen LogP contribution < -0.4 is 5.32 Å². The third-order valence-electron chi connectivity index (χ3n) is 5.66. The van der Waals surface area contributed by atoms with Crippen molar-refractivity contribution in [2.45, 2.75) is 18.6 Å². The number of thiocarbonyl (C=S) groups is 1. The van der Waals surface area contributed by atoms with Gasteiger partial charge in [0.05, 0.1) is 22.8 Å². The van der Waals surface area contributed by atoms with E-state index in [1.54, 1.807) is 18.3 Å². The molecule has 2 atom stereocenters. The Labute approximate surface area is 196 Å². The van der Waals surface area contributed by atoms with Gasteiger partial charge in [0, 0.05) is 30.3 Å². The largest absolute Gasteiger partial charge is 0.352 e. The molecule has 0 spiro atoms. The number of benzene rings is 2. The second kappa shape index (κ2) is 8.73. The Hall–Kier alpha value is -3.22. The molecule has 160 valence electrons. The van der Waals surface area contributed by atoms with Crippen LogP contribution in [0.1, 0.15) is 29.0 Å². The number of rotatable bonds is 5. The number of halogens is 2. The van der Waals surface area contributed by atoms with Crippen molar-refractivity contribution in [3.05, 3.63) is 119 Å². The third kappa shape index (κ3) is 3.87. The van der Waals surface area contributed by atoms with Gasteiger partial charge in [0.15, 0.2) is 5.11 Å². The Morgan fingerprint density at radius 3 is 2.56 bits per heavy atom. The van der Waals surface area contributed by atoms with E-state index in [0.717, 1.165) is 22.6 Å². The van der Waals surface area contributed by atoms with Gasteiger partial charge in [-0.1, -0.05) is 48.0 Å². The molecule has 4 aromatic rings. The van der Waals surface area contributed by atoms with Crippen LogP contribution in [0.3, 0.4) is 0 Å². The molecule has 2 aromatic carbocycles. The maximum Gasteiger partial charge on any atom is 0.170 e. The molecule has 0 radical (unpaired) electrons. The van der Waals surface area contributed by atoms with Crippen LogP contribution in [0.2, 0.25) is 5.02 Å². The first-order chi connectivity index (χ1) is 15.6. The molecule has 1 fully saturated rings. The zero-order valence-electron chi connectivity index (χ0n) is 17.0. The number of pyridine rings is 1. The molecule has 0 bridgehead atoms. The van der Waals surface area contributed by atoms with Crippen LogP contribution in [-0.2, 0) is 6.54 Å². The van der Waals surface area contributed by atoms with Gasteiger partial charge >= 0.3 is 0 Å². The molecule has 0 saturated carbocycles. The molecular formula is C25H20ClFN4S. The van der Waals surface area contributed by atoms with Crippen LogP contribution in [0.5, 0.6) is 0 Å². The zero-order chi connectivity index (χ0) is 22.1. The lowest BCUT2D eigenvalue weighted by Crippen LogP contribution is -2.30. The van der Waals surface area contributed by atoms with Gasteiger partial charge in [-0.15, -0.1) is 0 Å². The minimum Gasteiger partial charge on any atom is -0.352 e. The van der Waals surface area contributed by atoms with Gasteiger partial charge in [-0.05, 0) is 60.2 Å². The molecule has 1 N–H and O–H groups in total. The molecule has 1 aliphatic rings. The number of nitrogens with zero attached hydrogens (tertiary/aromatic N) is 3. The van der Waals surface area contributed by atoms with Crippen molar-refractivity contribution in [1.82, 2.24) is 19.8 Å². The van der Waals surface area contributed by atoms with Crippen LogP contribution in [0, 0.1) is 5.82 Å². The summed E-state index contributed by atoms with van der Waals surface area (Å²) >= 11 is 11.9. The average Bonchev–Trinajstić information content (AvgIpc) is 3.42. The van der Waals surface area contributed by atoms with Gasteiger partial charge in [0.2, 0.25) is 0 Å². The second-order valence-corrected chi connectivity index (χ2v) is 8.44. The number of aromatic nitrogens is 2. The summed E-state index contributed by atoms with van der Waals surface area (Å²) in [4.78, 5) is 6.78. The normalized spacial score (nSPS) is 18.1. The SMILES string of the molecule is Fc1ccc(-n2cccc2[C@@H]2[C@@H](c3ccccn3)NC(=S)N2Cc2ccccc2)cc1Cl. The standard InChI is InChI=1S/C25H20ClFN4S/c26-19-15-18(11-12-20(19)27)30-14-6-10-22(30)24-23(21-9-4-5-13-28-21)29-25(32)31(24)16-17-7-2-1-3-8-17/h1-15,23-24H,16H2,(H,29,32)/t23-,24-/m1/s1. The molecule has 2 aromatic heterocycles. The van der Waals surface area contributed by atoms with E-state index in [1.165, 1.54) is 6.07 Å². The fraction of sp³-hybridized carbons (Fsp3) is 0.120. The van der Waals surface area contributed by atoms with Crippen LogP contribution in [-0.4, -0.2) is 19.6 Å². The summed E-state index contributed by atoms with van der Waals surface area (Å²) in [5, 5.41) is 4.23. The first kappa shape index (κ1) is 20.7. The lowest BCUT2D eigenvalue weighted by Gasteiger charge is -2.29. The highest BCUT2D eigenvalue weighted by atomic mass is 35.5. The van der Waals surface area contributed by atoms with E-state index < -0.39 is 5.82 Å².